The molecule has 0 aromatic rings. The first-order valence-electron chi connectivity index (χ1n) is 3.84. The maximum Gasteiger partial charge on any atom is 0.0962 e. The largest absolute Gasteiger partial charge is 0.364 e. The van der Waals surface area contributed by atoms with Gasteiger partial charge in [-0.15, -0.1) is 0 Å². The molecule has 2 heteroatoms. The molecule has 0 aromatic heterocycles. The van der Waals surface area contributed by atoms with Gasteiger partial charge in [-0.3, -0.25) is 0 Å². The minimum Gasteiger partial charge on any atom is -0.364 e. The summed E-state index contributed by atoms with van der Waals surface area (Å²) >= 11 is 0. The quantitative estimate of drug-likeness (QED) is 0.637. The van der Waals surface area contributed by atoms with E-state index >= 15 is 0 Å². The third-order valence-electron chi connectivity index (χ3n) is 1.77. The lowest BCUT2D eigenvalue weighted by Gasteiger charge is -2.09. The lowest BCUT2D eigenvalue weighted by molar-refractivity contribution is 0.542. The van der Waals surface area contributed by atoms with Crippen LogP contribution in [-0.2, 0) is 0 Å². The highest BCUT2D eigenvalue weighted by atomic mass is 15.2. The van der Waals surface area contributed by atoms with Gasteiger partial charge >= 0.3 is 0 Å². The molecule has 1 heterocycles. The van der Waals surface area contributed by atoms with Gasteiger partial charge in [0.05, 0.1) is 17.6 Å². The molecule has 11 heavy (non-hydrogen) atoms. The third kappa shape index (κ3) is 1.45. The van der Waals surface area contributed by atoms with Gasteiger partial charge in [-0.05, 0) is 18.6 Å². The zero-order chi connectivity index (χ0) is 8.27. The second-order valence-corrected chi connectivity index (χ2v) is 2.49. The Balaban J connectivity index is 2.70. The van der Waals surface area contributed by atoms with E-state index in [1.807, 2.05) is 0 Å². The van der Waals surface area contributed by atoms with Crippen molar-refractivity contribution in [2.24, 2.45) is 0 Å². The van der Waals surface area contributed by atoms with E-state index in [1.54, 1.807) is 12.2 Å². The van der Waals surface area contributed by atoms with E-state index in [0.717, 1.165) is 17.8 Å². The molecule has 1 rings (SSSR count). The fourth-order valence-electron chi connectivity index (χ4n) is 1.11. The van der Waals surface area contributed by atoms with Crippen molar-refractivity contribution in [3.63, 3.8) is 0 Å². The lowest BCUT2D eigenvalue weighted by Crippen LogP contribution is -2.31. The summed E-state index contributed by atoms with van der Waals surface area (Å²) < 4.78 is 0. The van der Waals surface area contributed by atoms with Crippen molar-refractivity contribution in [2.45, 2.75) is 19.5 Å². The molecule has 0 radical (unpaired) electrons. The van der Waals surface area contributed by atoms with Gasteiger partial charge in [0.25, 0.3) is 0 Å². The molecule has 0 saturated heterocycles. The van der Waals surface area contributed by atoms with Gasteiger partial charge in [-0.2, -0.15) is 0 Å². The SMILES string of the molecule is C=CC1=C(C=C)NC(CC)N1. The molecule has 2 N–H and O–H groups in total. The van der Waals surface area contributed by atoms with Crippen LogP contribution in [0.1, 0.15) is 13.3 Å². The Hall–Kier alpha value is -1.18. The molecule has 1 aliphatic rings. The van der Waals surface area contributed by atoms with Gasteiger partial charge < -0.3 is 10.6 Å². The Morgan fingerprint density at radius 2 is 1.73 bits per heavy atom. The lowest BCUT2D eigenvalue weighted by atomic mass is 10.3. The van der Waals surface area contributed by atoms with Crippen LogP contribution in [-0.4, -0.2) is 6.17 Å². The van der Waals surface area contributed by atoms with Crippen molar-refractivity contribution < 1.29 is 0 Å². The molecular formula is C9H14N2. The molecule has 0 saturated carbocycles. The molecule has 0 atom stereocenters. The number of nitrogens with one attached hydrogen (secondary N) is 2. The van der Waals surface area contributed by atoms with Crippen LogP contribution in [0.3, 0.4) is 0 Å². The monoisotopic (exact) mass is 150 g/mol. The minimum absolute atomic E-state index is 0.344. The highest BCUT2D eigenvalue weighted by Crippen LogP contribution is 2.10. The van der Waals surface area contributed by atoms with Crippen LogP contribution < -0.4 is 10.6 Å². The Kier molecular flexibility index (Phi) is 2.36. The molecule has 0 fully saturated rings. The van der Waals surface area contributed by atoms with Crippen molar-refractivity contribution in [2.75, 3.05) is 0 Å². The second kappa shape index (κ2) is 3.28. The zero-order valence-corrected chi connectivity index (χ0v) is 6.85. The molecular weight excluding hydrogens is 136 g/mol. The van der Waals surface area contributed by atoms with E-state index in [1.165, 1.54) is 0 Å². The molecule has 0 aromatic carbocycles. The van der Waals surface area contributed by atoms with Crippen LogP contribution in [0.15, 0.2) is 36.7 Å². The fourth-order valence-corrected chi connectivity index (χ4v) is 1.11. The van der Waals surface area contributed by atoms with Gasteiger partial charge in [-0.25, -0.2) is 0 Å². The number of allylic oxidation sites excluding steroid dienone is 2. The Bertz CT molecular complexity index is 184. The summed E-state index contributed by atoms with van der Waals surface area (Å²) in [6.45, 7) is 9.53. The Labute approximate surface area is 67.7 Å². The van der Waals surface area contributed by atoms with Crippen molar-refractivity contribution in [3.05, 3.63) is 36.7 Å². The van der Waals surface area contributed by atoms with Crippen LogP contribution in [0, 0.1) is 0 Å². The fraction of sp³-hybridized carbons (Fsp3) is 0.333. The summed E-state index contributed by atoms with van der Waals surface area (Å²) in [6.07, 6.45) is 5.00. The average molecular weight is 150 g/mol. The highest BCUT2D eigenvalue weighted by molar-refractivity contribution is 5.33. The topological polar surface area (TPSA) is 24.1 Å². The second-order valence-electron chi connectivity index (χ2n) is 2.49. The number of hydrogen-bond acceptors (Lipinski definition) is 2. The van der Waals surface area contributed by atoms with Crippen molar-refractivity contribution >= 4 is 0 Å². The molecule has 0 aliphatic carbocycles. The first-order valence-corrected chi connectivity index (χ1v) is 3.84. The summed E-state index contributed by atoms with van der Waals surface area (Å²) in [5.74, 6) is 0. The summed E-state index contributed by atoms with van der Waals surface area (Å²) in [5, 5.41) is 6.54. The predicted molar refractivity (Wildman–Crippen MR) is 47.8 cm³/mol. The number of hydrogen-bond donors (Lipinski definition) is 2. The van der Waals surface area contributed by atoms with Gasteiger partial charge in [0.15, 0.2) is 0 Å². The summed E-state index contributed by atoms with van der Waals surface area (Å²) in [6, 6.07) is 0. The zero-order valence-electron chi connectivity index (χ0n) is 6.85. The summed E-state index contributed by atoms with van der Waals surface area (Å²) in [4.78, 5) is 0. The average Bonchev–Trinajstić information content (AvgIpc) is 2.46. The molecule has 0 amide bonds. The van der Waals surface area contributed by atoms with Crippen LogP contribution in [0.5, 0.6) is 0 Å². The molecule has 2 nitrogen and oxygen atoms in total. The van der Waals surface area contributed by atoms with Crippen LogP contribution in [0.4, 0.5) is 0 Å². The van der Waals surface area contributed by atoms with Crippen molar-refractivity contribution in [3.8, 4) is 0 Å². The van der Waals surface area contributed by atoms with E-state index in [-0.39, 0.29) is 0 Å². The van der Waals surface area contributed by atoms with Crippen LogP contribution in [0.2, 0.25) is 0 Å². The Morgan fingerprint density at radius 1 is 1.27 bits per heavy atom. The third-order valence-corrected chi connectivity index (χ3v) is 1.77. The molecule has 60 valence electrons. The van der Waals surface area contributed by atoms with E-state index < -0.39 is 0 Å². The first-order chi connectivity index (χ1) is 5.31. The summed E-state index contributed by atoms with van der Waals surface area (Å²) in [7, 11) is 0. The maximum atomic E-state index is 3.70. The normalized spacial score (nSPS) is 17.5. The van der Waals surface area contributed by atoms with Crippen molar-refractivity contribution in [1.29, 1.82) is 0 Å². The van der Waals surface area contributed by atoms with Crippen LogP contribution in [0.25, 0.3) is 0 Å². The molecule has 0 unspecified atom stereocenters. The summed E-state index contributed by atoms with van der Waals surface area (Å²) in [5.41, 5.74) is 2.10. The van der Waals surface area contributed by atoms with E-state index in [2.05, 4.69) is 30.7 Å². The van der Waals surface area contributed by atoms with E-state index in [4.69, 9.17) is 0 Å². The van der Waals surface area contributed by atoms with Crippen LogP contribution >= 0.6 is 0 Å². The van der Waals surface area contributed by atoms with E-state index in [9.17, 15) is 0 Å². The Morgan fingerprint density at radius 3 is 2.00 bits per heavy atom. The standard InChI is InChI=1S/C9H14N2/c1-4-7-8(5-2)11-9(6-3)10-7/h4-5,9-11H,1-2,6H2,3H3. The van der Waals surface area contributed by atoms with Gasteiger partial charge in [0.2, 0.25) is 0 Å². The molecule has 0 bridgehead atoms. The molecule has 1 aliphatic heterocycles. The number of rotatable bonds is 3. The van der Waals surface area contributed by atoms with Crippen molar-refractivity contribution in [1.82, 2.24) is 10.6 Å². The van der Waals surface area contributed by atoms with Gasteiger partial charge in [-0.1, -0.05) is 20.1 Å². The first kappa shape index (κ1) is 7.92. The molecule has 0 spiro atoms. The van der Waals surface area contributed by atoms with E-state index in [0.29, 0.717) is 6.17 Å². The van der Waals surface area contributed by atoms with Gasteiger partial charge in [0, 0.05) is 0 Å². The van der Waals surface area contributed by atoms with Gasteiger partial charge in [0.1, 0.15) is 0 Å². The maximum absolute atomic E-state index is 3.70. The highest BCUT2D eigenvalue weighted by Gasteiger charge is 2.15. The smallest absolute Gasteiger partial charge is 0.0962 e. The minimum atomic E-state index is 0.344. The predicted octanol–water partition coefficient (Wildman–Crippen LogP) is 1.50.